The first-order chi connectivity index (χ1) is 20.5. The predicted octanol–water partition coefficient (Wildman–Crippen LogP) is 1.75. The third-order valence-electron chi connectivity index (χ3n) is 7.07. The van der Waals surface area contributed by atoms with Crippen molar-refractivity contribution in [2.45, 2.75) is 62.6 Å². The Morgan fingerprint density at radius 3 is 1.44 bits per heavy atom. The van der Waals surface area contributed by atoms with Crippen molar-refractivity contribution < 1.29 is 60.6 Å². The molecule has 0 saturated carbocycles. The van der Waals surface area contributed by atoms with Crippen LogP contribution < -0.4 is 22.1 Å². The van der Waals surface area contributed by atoms with E-state index >= 15 is 0 Å². The SMILES string of the molecule is CCC(C)C(N)C(=O)NC(Cc1ccc(C(F)(F)P(=O)(O)O)cc1)C(=O)NC(Cc1ccc(C(F)(F)P(=O)(O)O)cc1)C(N)=O. The second-order valence-corrected chi connectivity index (χ2v) is 13.7. The topological polar surface area (TPSA) is 242 Å². The highest BCUT2D eigenvalue weighted by molar-refractivity contribution is 7.52. The summed E-state index contributed by atoms with van der Waals surface area (Å²) < 4.78 is 78.4. The molecule has 0 radical (unpaired) electrons. The Morgan fingerprint density at radius 2 is 1.11 bits per heavy atom. The van der Waals surface area contributed by atoms with Gasteiger partial charge in [-0.1, -0.05) is 68.8 Å². The van der Waals surface area contributed by atoms with Gasteiger partial charge in [0.1, 0.15) is 12.1 Å². The number of hydrogen-bond acceptors (Lipinski definition) is 6. The fraction of sp³-hybridized carbons (Fsp3) is 0.423. The lowest BCUT2D eigenvalue weighted by Gasteiger charge is -2.25. The maximum absolute atomic E-state index is 14.1. The van der Waals surface area contributed by atoms with Crippen LogP contribution in [0.2, 0.25) is 0 Å². The third kappa shape index (κ3) is 9.42. The molecule has 2 rings (SSSR count). The highest BCUT2D eigenvalue weighted by Gasteiger charge is 2.51. The van der Waals surface area contributed by atoms with Gasteiger partial charge in [0.2, 0.25) is 17.7 Å². The minimum atomic E-state index is -5.85. The van der Waals surface area contributed by atoms with Gasteiger partial charge in [0.05, 0.1) is 6.04 Å². The Labute approximate surface area is 255 Å². The third-order valence-corrected chi connectivity index (χ3v) is 9.05. The molecule has 0 bridgehead atoms. The summed E-state index contributed by atoms with van der Waals surface area (Å²) in [5.74, 6) is -3.12. The summed E-state index contributed by atoms with van der Waals surface area (Å²) >= 11 is 0. The van der Waals surface area contributed by atoms with Crippen LogP contribution in [0.15, 0.2) is 48.5 Å². The number of benzene rings is 2. The lowest BCUT2D eigenvalue weighted by atomic mass is 9.97. The second-order valence-electron chi connectivity index (χ2n) is 10.4. The number of rotatable bonds is 15. The molecule has 3 amide bonds. The highest BCUT2D eigenvalue weighted by Crippen LogP contribution is 2.60. The van der Waals surface area contributed by atoms with E-state index < -0.39 is 73.5 Å². The molecule has 2 aromatic rings. The van der Waals surface area contributed by atoms with Crippen LogP contribution in [0.3, 0.4) is 0 Å². The summed E-state index contributed by atoms with van der Waals surface area (Å²) in [7, 11) is -11.7. The molecular weight excluding hydrogens is 650 g/mol. The van der Waals surface area contributed by atoms with Crippen LogP contribution in [-0.4, -0.2) is 55.4 Å². The number of halogens is 4. The lowest BCUT2D eigenvalue weighted by molar-refractivity contribution is -0.132. The Kier molecular flexibility index (Phi) is 12.3. The molecule has 4 atom stereocenters. The molecule has 0 heterocycles. The molecule has 0 aliphatic carbocycles. The van der Waals surface area contributed by atoms with Crippen LogP contribution in [0.1, 0.15) is 42.5 Å². The van der Waals surface area contributed by atoms with E-state index in [1.165, 1.54) is 0 Å². The van der Waals surface area contributed by atoms with Crippen LogP contribution in [0.5, 0.6) is 0 Å². The number of nitrogens with one attached hydrogen (secondary N) is 2. The maximum atomic E-state index is 14.1. The average molecular weight is 685 g/mol. The molecule has 0 aromatic heterocycles. The molecule has 0 spiro atoms. The number of alkyl halides is 4. The van der Waals surface area contributed by atoms with E-state index in [0.29, 0.717) is 6.42 Å². The van der Waals surface area contributed by atoms with Crippen LogP contribution in [0.4, 0.5) is 17.6 Å². The highest BCUT2D eigenvalue weighted by atomic mass is 31.2. The maximum Gasteiger partial charge on any atom is 0.399 e. The van der Waals surface area contributed by atoms with Gasteiger partial charge in [-0.3, -0.25) is 23.5 Å². The van der Waals surface area contributed by atoms with Gasteiger partial charge in [-0.2, -0.15) is 17.6 Å². The van der Waals surface area contributed by atoms with E-state index in [-0.39, 0.29) is 29.9 Å². The zero-order chi connectivity index (χ0) is 34.5. The summed E-state index contributed by atoms with van der Waals surface area (Å²) in [6.07, 6.45) is -0.213. The normalized spacial score (nSPS) is 15.4. The molecule has 13 nitrogen and oxygen atoms in total. The first-order valence-corrected chi connectivity index (χ1v) is 16.5. The van der Waals surface area contributed by atoms with E-state index in [4.69, 9.17) is 31.0 Å². The predicted molar refractivity (Wildman–Crippen MR) is 153 cm³/mol. The molecule has 4 unspecified atom stereocenters. The summed E-state index contributed by atoms with van der Waals surface area (Å²) in [6, 6.07) is 3.13. The molecule has 250 valence electrons. The summed E-state index contributed by atoms with van der Waals surface area (Å²) in [5, 5.41) is 4.77. The van der Waals surface area contributed by atoms with Crippen molar-refractivity contribution in [3.05, 3.63) is 70.8 Å². The van der Waals surface area contributed by atoms with Gasteiger partial charge in [0.25, 0.3) is 0 Å². The number of hydrogen-bond donors (Lipinski definition) is 8. The quantitative estimate of drug-likeness (QED) is 0.0998. The van der Waals surface area contributed by atoms with Crippen LogP contribution in [0, 0.1) is 5.92 Å². The summed E-state index contributed by atoms with van der Waals surface area (Å²) in [5.41, 5.74) is 0.748. The van der Waals surface area contributed by atoms with Crippen molar-refractivity contribution in [2.24, 2.45) is 17.4 Å². The Balaban J connectivity index is 2.33. The molecule has 0 aliphatic heterocycles. The van der Waals surface area contributed by atoms with Gasteiger partial charge in [-0.05, 0) is 17.0 Å². The van der Waals surface area contributed by atoms with Crippen LogP contribution in [0.25, 0.3) is 0 Å². The van der Waals surface area contributed by atoms with Crippen LogP contribution in [-0.2, 0) is 47.7 Å². The minimum Gasteiger partial charge on any atom is -0.368 e. The Hall–Kier alpha value is -3.17. The fourth-order valence-electron chi connectivity index (χ4n) is 3.98. The van der Waals surface area contributed by atoms with Gasteiger partial charge < -0.3 is 41.7 Å². The number of nitrogens with two attached hydrogens (primary N) is 2. The summed E-state index contributed by atoms with van der Waals surface area (Å²) in [4.78, 5) is 74.1. The van der Waals surface area contributed by atoms with Gasteiger partial charge >= 0.3 is 26.5 Å². The number of primary amides is 1. The van der Waals surface area contributed by atoms with Crippen molar-refractivity contribution in [1.82, 2.24) is 10.6 Å². The first kappa shape index (κ1) is 38.0. The molecule has 19 heteroatoms. The smallest absolute Gasteiger partial charge is 0.368 e. The van der Waals surface area contributed by atoms with Gasteiger partial charge in [0, 0.05) is 24.0 Å². The van der Waals surface area contributed by atoms with E-state index in [9.17, 15) is 41.1 Å². The van der Waals surface area contributed by atoms with Gasteiger partial charge in [-0.15, -0.1) is 0 Å². The van der Waals surface area contributed by atoms with Crippen molar-refractivity contribution in [3.8, 4) is 0 Å². The fourth-order valence-corrected chi connectivity index (χ4v) is 4.95. The van der Waals surface area contributed by atoms with E-state index in [1.807, 2.05) is 0 Å². The van der Waals surface area contributed by atoms with Crippen molar-refractivity contribution >= 4 is 32.9 Å². The molecule has 0 aliphatic rings. The van der Waals surface area contributed by atoms with Crippen LogP contribution >= 0.6 is 15.2 Å². The summed E-state index contributed by atoms with van der Waals surface area (Å²) in [6.45, 7) is 3.46. The van der Waals surface area contributed by atoms with E-state index in [1.54, 1.807) is 13.8 Å². The second kappa shape index (κ2) is 14.5. The Bertz CT molecular complexity index is 1470. The first-order valence-electron chi connectivity index (χ1n) is 13.2. The Morgan fingerprint density at radius 1 is 0.756 bits per heavy atom. The number of carbonyl (C=O) groups is 3. The molecule has 0 saturated heterocycles. The molecule has 0 fully saturated rings. The van der Waals surface area contributed by atoms with E-state index in [0.717, 1.165) is 48.5 Å². The largest absolute Gasteiger partial charge is 0.399 e. The minimum absolute atomic E-state index is 0.158. The standard InChI is InChI=1S/C26H34F4N4O9P2/c1-3-14(2)21(31)24(37)34-20(13-16-6-10-18(11-7-16)26(29,30)45(41,42)43)23(36)33-19(22(32)35)12-15-4-8-17(9-5-15)25(27,28)44(38,39)40/h4-11,14,19-21H,3,12-13,31H2,1-2H3,(H2,32,35)(H,33,36)(H,34,37)(H2,38,39,40)(H2,41,42,43). The van der Waals surface area contributed by atoms with Crippen molar-refractivity contribution in [3.63, 3.8) is 0 Å². The molecular formula is C26H34F4N4O9P2. The van der Waals surface area contributed by atoms with E-state index in [2.05, 4.69) is 10.6 Å². The van der Waals surface area contributed by atoms with Gasteiger partial charge in [0.15, 0.2) is 0 Å². The number of amides is 3. The average Bonchev–Trinajstić information content (AvgIpc) is 2.94. The number of carbonyl (C=O) groups excluding carboxylic acids is 3. The van der Waals surface area contributed by atoms with Crippen molar-refractivity contribution in [1.29, 1.82) is 0 Å². The lowest BCUT2D eigenvalue weighted by Crippen LogP contribution is -2.57. The molecule has 2 aromatic carbocycles. The van der Waals surface area contributed by atoms with Gasteiger partial charge in [-0.25, -0.2) is 0 Å². The molecule has 45 heavy (non-hydrogen) atoms. The monoisotopic (exact) mass is 684 g/mol. The molecule has 10 N–H and O–H groups in total. The van der Waals surface area contributed by atoms with Crippen molar-refractivity contribution in [2.75, 3.05) is 0 Å². The zero-order valence-corrected chi connectivity index (χ0v) is 25.7. The zero-order valence-electron chi connectivity index (χ0n) is 23.9.